The van der Waals surface area contributed by atoms with Crippen LogP contribution < -0.4 is 11.1 Å². The van der Waals surface area contributed by atoms with Gasteiger partial charge in [-0.2, -0.15) is 0 Å². The Kier molecular flexibility index (Phi) is 10.8. The number of amides is 3. The van der Waals surface area contributed by atoms with Gasteiger partial charge in [0.15, 0.2) is 0 Å². The third kappa shape index (κ3) is 10.2. The second-order valence-electron chi connectivity index (χ2n) is 11.3. The average molecular weight is 562 g/mol. The summed E-state index contributed by atoms with van der Waals surface area (Å²) in [6.45, 7) is 5.20. The zero-order valence-corrected chi connectivity index (χ0v) is 23.7. The number of esters is 1. The fourth-order valence-electron chi connectivity index (χ4n) is 4.47. The smallest absolute Gasteiger partial charge is 0.408 e. The molecular weight excluding hydrogens is 522 g/mol. The summed E-state index contributed by atoms with van der Waals surface area (Å²) in [5.74, 6) is -0.999. The number of rotatable bonds is 12. The van der Waals surface area contributed by atoms with Gasteiger partial charge >= 0.3 is 12.1 Å². The van der Waals surface area contributed by atoms with Crippen LogP contribution in [0.2, 0.25) is 5.02 Å². The van der Waals surface area contributed by atoms with E-state index in [2.05, 4.69) is 17.5 Å². The minimum Gasteiger partial charge on any atom is -0.457 e. The standard InChI is InChI=1S/C29H40ClN3O6/c1-29(2,3)39-28(37)32-23(10-8-6-4-5-7-9-19-11-12-19)26(35)33-18-22(17-24(33)25(31)34)38-27(36)20-13-15-21(30)16-14-20/h7,9,13-16,19,22-24H,4-6,8,10-12,17-18H2,1-3H3,(H2,31,34)(H,32,37)/b9-7-/t22-,23+,24+/m1/s1. The number of hydrogen-bond donors (Lipinski definition) is 2. The van der Waals surface area contributed by atoms with E-state index in [9.17, 15) is 19.2 Å². The fraction of sp³-hybridized carbons (Fsp3) is 0.586. The van der Waals surface area contributed by atoms with Crippen molar-refractivity contribution in [1.82, 2.24) is 10.2 Å². The number of halogens is 1. The maximum Gasteiger partial charge on any atom is 0.408 e. The van der Waals surface area contributed by atoms with Crippen LogP contribution in [0, 0.1) is 5.92 Å². The first-order valence-electron chi connectivity index (χ1n) is 13.7. The minimum atomic E-state index is -0.962. The van der Waals surface area contributed by atoms with Crippen LogP contribution in [0.4, 0.5) is 4.79 Å². The van der Waals surface area contributed by atoms with Gasteiger partial charge in [-0.05, 0) is 83.1 Å². The number of nitrogens with two attached hydrogens (primary N) is 1. The van der Waals surface area contributed by atoms with E-state index in [1.54, 1.807) is 32.9 Å². The molecule has 2 fully saturated rings. The highest BCUT2D eigenvalue weighted by atomic mass is 35.5. The lowest BCUT2D eigenvalue weighted by molar-refractivity contribution is -0.139. The van der Waals surface area contributed by atoms with Crippen LogP contribution in [0.25, 0.3) is 0 Å². The molecule has 0 unspecified atom stereocenters. The molecule has 1 heterocycles. The van der Waals surface area contributed by atoms with Gasteiger partial charge < -0.3 is 25.4 Å². The molecule has 1 aromatic rings. The van der Waals surface area contributed by atoms with Crippen molar-refractivity contribution >= 4 is 35.5 Å². The SMILES string of the molecule is CC(C)(C)OC(=O)N[C@@H](CCCCC/C=C\C1CC1)C(=O)N1C[C@H](OC(=O)c2ccc(Cl)cc2)C[C@H]1C(N)=O. The maximum absolute atomic E-state index is 13.6. The number of likely N-dealkylation sites (tertiary alicyclic amines) is 1. The van der Waals surface area contributed by atoms with Crippen molar-refractivity contribution in [2.75, 3.05) is 6.54 Å². The van der Waals surface area contributed by atoms with Crippen LogP contribution >= 0.6 is 11.6 Å². The third-order valence-electron chi connectivity index (χ3n) is 6.61. The lowest BCUT2D eigenvalue weighted by Crippen LogP contribution is -2.53. The van der Waals surface area contributed by atoms with E-state index in [1.807, 2.05) is 0 Å². The van der Waals surface area contributed by atoms with Gasteiger partial charge in [0.1, 0.15) is 23.8 Å². The maximum atomic E-state index is 13.6. The highest BCUT2D eigenvalue weighted by Gasteiger charge is 2.43. The van der Waals surface area contributed by atoms with Gasteiger partial charge in [0.05, 0.1) is 12.1 Å². The Bertz CT molecular complexity index is 1050. The summed E-state index contributed by atoms with van der Waals surface area (Å²) in [5.41, 5.74) is 5.18. The Hall–Kier alpha value is -3.07. The summed E-state index contributed by atoms with van der Waals surface area (Å²) >= 11 is 5.89. The Morgan fingerprint density at radius 2 is 1.82 bits per heavy atom. The first-order valence-corrected chi connectivity index (χ1v) is 14.0. The molecule has 1 aliphatic carbocycles. The number of ether oxygens (including phenoxy) is 2. The number of nitrogens with one attached hydrogen (secondary N) is 1. The summed E-state index contributed by atoms with van der Waals surface area (Å²) < 4.78 is 11.0. The van der Waals surface area contributed by atoms with E-state index in [0.717, 1.165) is 25.2 Å². The third-order valence-corrected chi connectivity index (χ3v) is 6.86. The number of primary amides is 1. The van der Waals surface area contributed by atoms with Crippen molar-refractivity contribution in [3.63, 3.8) is 0 Å². The van der Waals surface area contributed by atoms with E-state index in [1.165, 1.54) is 29.9 Å². The Morgan fingerprint density at radius 3 is 2.44 bits per heavy atom. The number of carbonyl (C=O) groups excluding carboxylic acids is 4. The molecule has 1 saturated heterocycles. The number of hydrogen-bond acceptors (Lipinski definition) is 6. The van der Waals surface area contributed by atoms with Crippen LogP contribution in [0.5, 0.6) is 0 Å². The highest BCUT2D eigenvalue weighted by Crippen LogP contribution is 2.30. The second-order valence-corrected chi connectivity index (χ2v) is 11.7. The molecule has 1 aromatic carbocycles. The molecule has 3 N–H and O–H groups in total. The van der Waals surface area contributed by atoms with E-state index in [0.29, 0.717) is 23.4 Å². The fourth-order valence-corrected chi connectivity index (χ4v) is 4.60. The van der Waals surface area contributed by atoms with Crippen LogP contribution in [-0.4, -0.2) is 59.1 Å². The molecule has 0 bridgehead atoms. The average Bonchev–Trinajstić information content (AvgIpc) is 3.58. The number of unbranched alkanes of at least 4 members (excludes halogenated alkanes) is 3. The van der Waals surface area contributed by atoms with E-state index in [4.69, 9.17) is 26.8 Å². The topological polar surface area (TPSA) is 128 Å². The van der Waals surface area contributed by atoms with Crippen molar-refractivity contribution in [1.29, 1.82) is 0 Å². The summed E-state index contributed by atoms with van der Waals surface area (Å²) in [4.78, 5) is 52.4. The first-order chi connectivity index (χ1) is 18.4. The van der Waals surface area contributed by atoms with E-state index >= 15 is 0 Å². The molecule has 1 aliphatic heterocycles. The predicted molar refractivity (Wildman–Crippen MR) is 148 cm³/mol. The summed E-state index contributed by atoms with van der Waals surface area (Å²) in [5, 5.41) is 3.17. The molecule has 0 spiro atoms. The summed E-state index contributed by atoms with van der Waals surface area (Å²) in [6.07, 6.45) is 9.59. The molecular formula is C29H40ClN3O6. The second kappa shape index (κ2) is 13.8. The van der Waals surface area contributed by atoms with Gasteiger partial charge in [0, 0.05) is 11.4 Å². The van der Waals surface area contributed by atoms with Crippen LogP contribution in [-0.2, 0) is 19.1 Å². The van der Waals surface area contributed by atoms with Gasteiger partial charge in [0.25, 0.3) is 0 Å². The van der Waals surface area contributed by atoms with Crippen molar-refractivity contribution in [3.8, 4) is 0 Å². The highest BCUT2D eigenvalue weighted by molar-refractivity contribution is 6.30. The van der Waals surface area contributed by atoms with Gasteiger partial charge in [-0.15, -0.1) is 0 Å². The number of benzene rings is 1. The van der Waals surface area contributed by atoms with Crippen LogP contribution in [0.1, 0.15) is 82.5 Å². The zero-order valence-electron chi connectivity index (χ0n) is 23.0. The summed E-state index contributed by atoms with van der Waals surface area (Å²) in [7, 11) is 0. The normalized spacial score (nSPS) is 20.1. The van der Waals surface area contributed by atoms with Crippen molar-refractivity contribution in [2.24, 2.45) is 11.7 Å². The molecule has 2 aliphatic rings. The molecule has 3 atom stereocenters. The number of nitrogens with zero attached hydrogens (tertiary/aromatic N) is 1. The Labute approximate surface area is 235 Å². The van der Waals surface area contributed by atoms with Crippen molar-refractivity contribution in [3.05, 3.63) is 47.0 Å². The zero-order chi connectivity index (χ0) is 28.6. The molecule has 10 heteroatoms. The van der Waals surface area contributed by atoms with Crippen LogP contribution in [0.15, 0.2) is 36.4 Å². The van der Waals surface area contributed by atoms with Gasteiger partial charge in [-0.25, -0.2) is 9.59 Å². The van der Waals surface area contributed by atoms with Gasteiger partial charge in [-0.3, -0.25) is 9.59 Å². The molecule has 3 amide bonds. The monoisotopic (exact) mass is 561 g/mol. The van der Waals surface area contributed by atoms with E-state index < -0.39 is 47.7 Å². The van der Waals surface area contributed by atoms with Crippen molar-refractivity contribution in [2.45, 2.75) is 95.9 Å². The molecule has 39 heavy (non-hydrogen) atoms. The van der Waals surface area contributed by atoms with Crippen LogP contribution in [0.3, 0.4) is 0 Å². The van der Waals surface area contributed by atoms with Gasteiger partial charge in [-0.1, -0.05) is 36.6 Å². The minimum absolute atomic E-state index is 0.00969. The molecule has 9 nitrogen and oxygen atoms in total. The molecule has 0 radical (unpaired) electrons. The number of alkyl carbamates (subject to hydrolysis) is 1. The quantitative estimate of drug-likeness (QED) is 0.215. The molecule has 3 rings (SSSR count). The number of carbonyl (C=O) groups is 4. The lowest BCUT2D eigenvalue weighted by Gasteiger charge is -2.28. The summed E-state index contributed by atoms with van der Waals surface area (Å²) in [6, 6.07) is 4.36. The predicted octanol–water partition coefficient (Wildman–Crippen LogP) is 4.76. The Morgan fingerprint density at radius 1 is 1.13 bits per heavy atom. The van der Waals surface area contributed by atoms with Crippen molar-refractivity contribution < 1.29 is 28.7 Å². The molecule has 1 saturated carbocycles. The molecule has 0 aromatic heterocycles. The Balaban J connectivity index is 1.63. The lowest BCUT2D eigenvalue weighted by atomic mass is 10.0. The first kappa shape index (κ1) is 30.5. The molecule has 214 valence electrons. The number of allylic oxidation sites excluding steroid dienone is 2. The largest absolute Gasteiger partial charge is 0.457 e. The van der Waals surface area contributed by atoms with E-state index in [-0.39, 0.29) is 13.0 Å². The van der Waals surface area contributed by atoms with Gasteiger partial charge in [0.2, 0.25) is 11.8 Å².